The molecule has 0 saturated heterocycles. The SMILES string of the molecule is CC(C)C1CC(N)c2cc(F)ccc21. The van der Waals surface area contributed by atoms with Gasteiger partial charge in [0.1, 0.15) is 5.82 Å². The van der Waals surface area contributed by atoms with E-state index in [4.69, 9.17) is 5.73 Å². The van der Waals surface area contributed by atoms with E-state index < -0.39 is 0 Å². The quantitative estimate of drug-likeness (QED) is 0.729. The number of rotatable bonds is 1. The van der Waals surface area contributed by atoms with E-state index in [2.05, 4.69) is 13.8 Å². The molecule has 2 N–H and O–H groups in total. The monoisotopic (exact) mass is 193 g/mol. The lowest BCUT2D eigenvalue weighted by Crippen LogP contribution is -2.07. The lowest BCUT2D eigenvalue weighted by Gasteiger charge is -2.15. The predicted molar refractivity (Wildman–Crippen MR) is 55.5 cm³/mol. The van der Waals surface area contributed by atoms with Gasteiger partial charge in [-0.2, -0.15) is 0 Å². The van der Waals surface area contributed by atoms with E-state index in [0.717, 1.165) is 12.0 Å². The Balaban J connectivity index is 2.44. The van der Waals surface area contributed by atoms with E-state index in [-0.39, 0.29) is 11.9 Å². The Labute approximate surface area is 84.1 Å². The molecule has 1 nitrogen and oxygen atoms in total. The zero-order chi connectivity index (χ0) is 10.3. The molecule has 0 bridgehead atoms. The molecule has 76 valence electrons. The number of nitrogens with two attached hydrogens (primary N) is 1. The molecule has 0 saturated carbocycles. The second kappa shape index (κ2) is 3.35. The fourth-order valence-corrected chi connectivity index (χ4v) is 2.36. The van der Waals surface area contributed by atoms with Crippen molar-refractivity contribution in [1.82, 2.24) is 0 Å². The second-order valence-corrected chi connectivity index (χ2v) is 4.47. The highest BCUT2D eigenvalue weighted by Crippen LogP contribution is 2.42. The Hall–Kier alpha value is -0.890. The van der Waals surface area contributed by atoms with Crippen LogP contribution in [0.3, 0.4) is 0 Å². The lowest BCUT2D eigenvalue weighted by molar-refractivity contribution is 0.470. The minimum atomic E-state index is -0.177. The molecule has 1 aromatic carbocycles. The fourth-order valence-electron chi connectivity index (χ4n) is 2.36. The summed E-state index contributed by atoms with van der Waals surface area (Å²) in [6, 6.07) is 5.03. The van der Waals surface area contributed by atoms with Crippen molar-refractivity contribution in [2.75, 3.05) is 0 Å². The van der Waals surface area contributed by atoms with Gasteiger partial charge in [-0.3, -0.25) is 0 Å². The summed E-state index contributed by atoms with van der Waals surface area (Å²) in [5.74, 6) is 0.900. The molecule has 0 amide bonds. The van der Waals surface area contributed by atoms with Crippen LogP contribution in [0.2, 0.25) is 0 Å². The minimum Gasteiger partial charge on any atom is -0.324 e. The van der Waals surface area contributed by atoms with Crippen LogP contribution in [0.4, 0.5) is 4.39 Å². The Morgan fingerprint density at radius 1 is 1.36 bits per heavy atom. The normalized spacial score (nSPS) is 25.5. The van der Waals surface area contributed by atoms with Gasteiger partial charge in [-0.1, -0.05) is 19.9 Å². The Morgan fingerprint density at radius 2 is 2.07 bits per heavy atom. The average Bonchev–Trinajstić information content (AvgIpc) is 2.44. The molecule has 2 rings (SSSR count). The number of fused-ring (bicyclic) bond motifs is 1. The number of benzene rings is 1. The van der Waals surface area contributed by atoms with Crippen molar-refractivity contribution in [2.45, 2.75) is 32.2 Å². The van der Waals surface area contributed by atoms with Gasteiger partial charge in [0.2, 0.25) is 0 Å². The molecule has 0 fully saturated rings. The van der Waals surface area contributed by atoms with Crippen LogP contribution in [0.15, 0.2) is 18.2 Å². The van der Waals surface area contributed by atoms with E-state index in [9.17, 15) is 4.39 Å². The summed E-state index contributed by atoms with van der Waals surface area (Å²) in [5.41, 5.74) is 8.22. The van der Waals surface area contributed by atoms with Crippen molar-refractivity contribution in [3.05, 3.63) is 35.1 Å². The van der Waals surface area contributed by atoms with Gasteiger partial charge in [-0.25, -0.2) is 4.39 Å². The topological polar surface area (TPSA) is 26.0 Å². The highest BCUT2D eigenvalue weighted by Gasteiger charge is 2.30. The second-order valence-electron chi connectivity index (χ2n) is 4.47. The van der Waals surface area contributed by atoms with E-state index in [1.54, 1.807) is 6.07 Å². The molecule has 0 aromatic heterocycles. The molecule has 2 atom stereocenters. The summed E-state index contributed by atoms with van der Waals surface area (Å²) < 4.78 is 13.0. The van der Waals surface area contributed by atoms with Crippen molar-refractivity contribution in [3.63, 3.8) is 0 Å². The Kier molecular flexibility index (Phi) is 2.31. The van der Waals surface area contributed by atoms with Crippen LogP contribution in [0.5, 0.6) is 0 Å². The molecule has 0 radical (unpaired) electrons. The summed E-state index contributed by atoms with van der Waals surface area (Å²) >= 11 is 0. The Bertz CT molecular complexity index is 346. The van der Waals surface area contributed by atoms with Gasteiger partial charge in [0.25, 0.3) is 0 Å². The minimum absolute atomic E-state index is 0.0214. The van der Waals surface area contributed by atoms with Gasteiger partial charge in [-0.05, 0) is 41.5 Å². The summed E-state index contributed by atoms with van der Waals surface area (Å²) in [4.78, 5) is 0. The first kappa shape index (κ1) is 9.66. The highest BCUT2D eigenvalue weighted by molar-refractivity contribution is 5.38. The summed E-state index contributed by atoms with van der Waals surface area (Å²) in [5, 5.41) is 0. The van der Waals surface area contributed by atoms with Crippen LogP contribution in [0, 0.1) is 11.7 Å². The van der Waals surface area contributed by atoms with Gasteiger partial charge in [0.15, 0.2) is 0 Å². The van der Waals surface area contributed by atoms with Gasteiger partial charge in [-0.15, -0.1) is 0 Å². The van der Waals surface area contributed by atoms with E-state index >= 15 is 0 Å². The average molecular weight is 193 g/mol. The summed E-state index contributed by atoms with van der Waals surface area (Å²) in [6.45, 7) is 4.38. The van der Waals surface area contributed by atoms with Gasteiger partial charge in [0, 0.05) is 6.04 Å². The molecule has 0 spiro atoms. The molecule has 1 aromatic rings. The first-order chi connectivity index (χ1) is 6.59. The number of hydrogen-bond donors (Lipinski definition) is 1. The van der Waals surface area contributed by atoms with Gasteiger partial charge in [0.05, 0.1) is 0 Å². The van der Waals surface area contributed by atoms with E-state index in [1.807, 2.05) is 6.07 Å². The van der Waals surface area contributed by atoms with Crippen LogP contribution in [-0.4, -0.2) is 0 Å². The standard InChI is InChI=1S/C12H16FN/c1-7(2)10-6-12(14)11-5-8(13)3-4-9(10)11/h3-5,7,10,12H,6,14H2,1-2H3. The van der Waals surface area contributed by atoms with Gasteiger partial charge >= 0.3 is 0 Å². The first-order valence-electron chi connectivity index (χ1n) is 5.14. The van der Waals surface area contributed by atoms with E-state index in [0.29, 0.717) is 11.8 Å². The zero-order valence-electron chi connectivity index (χ0n) is 8.63. The predicted octanol–water partition coefficient (Wildman–Crippen LogP) is 2.97. The molecule has 2 heteroatoms. The molecule has 1 aliphatic carbocycles. The van der Waals surface area contributed by atoms with Crippen LogP contribution in [-0.2, 0) is 0 Å². The molecular formula is C12H16FN. The van der Waals surface area contributed by atoms with Crippen LogP contribution in [0.25, 0.3) is 0 Å². The summed E-state index contributed by atoms with van der Waals surface area (Å²) in [7, 11) is 0. The van der Waals surface area contributed by atoms with E-state index in [1.165, 1.54) is 11.6 Å². The van der Waals surface area contributed by atoms with Crippen molar-refractivity contribution in [1.29, 1.82) is 0 Å². The first-order valence-corrected chi connectivity index (χ1v) is 5.14. The maximum absolute atomic E-state index is 13.0. The third-order valence-corrected chi connectivity index (χ3v) is 3.16. The molecule has 2 unspecified atom stereocenters. The third kappa shape index (κ3) is 1.44. The van der Waals surface area contributed by atoms with Crippen molar-refractivity contribution in [2.24, 2.45) is 11.7 Å². The Morgan fingerprint density at radius 3 is 2.71 bits per heavy atom. The third-order valence-electron chi connectivity index (χ3n) is 3.16. The fraction of sp³-hybridized carbons (Fsp3) is 0.500. The van der Waals surface area contributed by atoms with Crippen LogP contribution in [0.1, 0.15) is 43.4 Å². The number of halogens is 1. The largest absolute Gasteiger partial charge is 0.324 e. The maximum atomic E-state index is 13.0. The van der Waals surface area contributed by atoms with Crippen LogP contribution >= 0.6 is 0 Å². The summed E-state index contributed by atoms with van der Waals surface area (Å²) in [6.07, 6.45) is 0.955. The zero-order valence-corrected chi connectivity index (χ0v) is 8.63. The molecule has 1 aliphatic rings. The van der Waals surface area contributed by atoms with Crippen LogP contribution < -0.4 is 5.73 Å². The molecule has 14 heavy (non-hydrogen) atoms. The highest BCUT2D eigenvalue weighted by atomic mass is 19.1. The maximum Gasteiger partial charge on any atom is 0.123 e. The van der Waals surface area contributed by atoms with Crippen molar-refractivity contribution < 1.29 is 4.39 Å². The smallest absolute Gasteiger partial charge is 0.123 e. The van der Waals surface area contributed by atoms with Gasteiger partial charge < -0.3 is 5.73 Å². The lowest BCUT2D eigenvalue weighted by atomic mass is 9.90. The molecular weight excluding hydrogens is 177 g/mol. The number of hydrogen-bond acceptors (Lipinski definition) is 1. The van der Waals surface area contributed by atoms with Crippen molar-refractivity contribution in [3.8, 4) is 0 Å². The molecule has 0 heterocycles. The van der Waals surface area contributed by atoms with Crippen molar-refractivity contribution >= 4 is 0 Å². The molecule has 0 aliphatic heterocycles.